The van der Waals surface area contributed by atoms with Crippen molar-refractivity contribution in [2.45, 2.75) is 6.42 Å². The van der Waals surface area contributed by atoms with Gasteiger partial charge in [0.25, 0.3) is 0 Å². The molecule has 0 fully saturated rings. The van der Waals surface area contributed by atoms with Crippen LogP contribution in [0.1, 0.15) is 5.69 Å². The molecule has 0 bridgehead atoms. The number of nitrogens with one attached hydrogen (secondary N) is 1. The highest BCUT2D eigenvalue weighted by atomic mass is 16.5. The normalized spacial score (nSPS) is 12.2. The molecule has 1 atom stereocenters. The van der Waals surface area contributed by atoms with E-state index in [1.807, 2.05) is 30.3 Å². The summed E-state index contributed by atoms with van der Waals surface area (Å²) < 4.78 is 5.32. The Hall–Kier alpha value is -2.14. The first-order valence-corrected chi connectivity index (χ1v) is 6.54. The summed E-state index contributed by atoms with van der Waals surface area (Å²) in [5, 5.41) is 3.64. The van der Waals surface area contributed by atoms with Gasteiger partial charge in [0.2, 0.25) is 5.91 Å². The molecule has 5 heteroatoms. The number of para-hydroxylation sites is 1. The number of carbonyl (C=O) groups is 1. The van der Waals surface area contributed by atoms with Crippen LogP contribution in [0.15, 0.2) is 30.3 Å². The van der Waals surface area contributed by atoms with E-state index in [2.05, 4.69) is 10.3 Å². The lowest BCUT2D eigenvalue weighted by Gasteiger charge is -2.13. The summed E-state index contributed by atoms with van der Waals surface area (Å²) >= 11 is 0. The average Bonchev–Trinajstić information content (AvgIpc) is 2.51. The summed E-state index contributed by atoms with van der Waals surface area (Å²) in [6.07, 6.45) is 0.518. The standard InChI is InChI=1S/C15H19N3O2/c1-17-15(19)11(9-16)8-12-7-6-10-4-3-5-13(20-2)14(10)18-12/h3-7,11H,8-9,16H2,1-2H3,(H,17,19). The first-order chi connectivity index (χ1) is 9.69. The summed E-state index contributed by atoms with van der Waals surface area (Å²) in [6.45, 7) is 0.297. The molecule has 0 aliphatic rings. The number of pyridine rings is 1. The van der Waals surface area contributed by atoms with Crippen molar-refractivity contribution in [3.8, 4) is 5.75 Å². The molecule has 1 aromatic carbocycles. The van der Waals surface area contributed by atoms with Crippen LogP contribution in [0.4, 0.5) is 0 Å². The van der Waals surface area contributed by atoms with Crippen LogP contribution in [-0.2, 0) is 11.2 Å². The van der Waals surface area contributed by atoms with Gasteiger partial charge < -0.3 is 15.8 Å². The topological polar surface area (TPSA) is 77.2 Å². The minimum absolute atomic E-state index is 0.0607. The number of hydrogen-bond acceptors (Lipinski definition) is 4. The van der Waals surface area contributed by atoms with Crippen LogP contribution >= 0.6 is 0 Å². The third-order valence-electron chi connectivity index (χ3n) is 3.32. The Balaban J connectivity index is 2.33. The zero-order valence-electron chi connectivity index (χ0n) is 11.7. The second kappa shape index (κ2) is 6.34. The van der Waals surface area contributed by atoms with Gasteiger partial charge in [0, 0.05) is 31.1 Å². The second-order valence-corrected chi connectivity index (χ2v) is 4.59. The number of nitrogens with two attached hydrogens (primary N) is 1. The SMILES string of the molecule is CNC(=O)C(CN)Cc1ccc2cccc(OC)c2n1. The molecule has 0 spiro atoms. The zero-order chi connectivity index (χ0) is 14.5. The highest BCUT2D eigenvalue weighted by Gasteiger charge is 2.17. The van der Waals surface area contributed by atoms with E-state index >= 15 is 0 Å². The molecule has 106 valence electrons. The lowest BCUT2D eigenvalue weighted by molar-refractivity contribution is -0.124. The fourth-order valence-electron chi connectivity index (χ4n) is 2.18. The van der Waals surface area contributed by atoms with Crippen molar-refractivity contribution >= 4 is 16.8 Å². The van der Waals surface area contributed by atoms with E-state index < -0.39 is 0 Å². The van der Waals surface area contributed by atoms with Crippen molar-refractivity contribution in [3.05, 3.63) is 36.0 Å². The first kappa shape index (κ1) is 14.3. The van der Waals surface area contributed by atoms with Crippen LogP contribution in [0.5, 0.6) is 5.75 Å². The quantitative estimate of drug-likeness (QED) is 0.855. The van der Waals surface area contributed by atoms with E-state index in [0.717, 1.165) is 22.3 Å². The van der Waals surface area contributed by atoms with E-state index in [9.17, 15) is 4.79 Å². The van der Waals surface area contributed by atoms with Crippen LogP contribution in [-0.4, -0.2) is 31.6 Å². The molecule has 1 heterocycles. The molecule has 5 nitrogen and oxygen atoms in total. The molecule has 0 radical (unpaired) electrons. The third kappa shape index (κ3) is 2.88. The number of ether oxygens (including phenoxy) is 1. The number of methoxy groups -OCH3 is 1. The number of carbonyl (C=O) groups excluding carboxylic acids is 1. The number of benzene rings is 1. The number of hydrogen-bond donors (Lipinski definition) is 2. The molecule has 2 rings (SSSR count). The molecule has 1 aromatic heterocycles. The predicted molar refractivity (Wildman–Crippen MR) is 78.6 cm³/mol. The zero-order valence-corrected chi connectivity index (χ0v) is 11.7. The lowest BCUT2D eigenvalue weighted by Crippen LogP contribution is -2.34. The highest BCUT2D eigenvalue weighted by Crippen LogP contribution is 2.24. The molecule has 2 aromatic rings. The molecule has 0 saturated carbocycles. The van der Waals surface area contributed by atoms with Crippen molar-refractivity contribution in [1.82, 2.24) is 10.3 Å². The van der Waals surface area contributed by atoms with Gasteiger partial charge in [-0.15, -0.1) is 0 Å². The maximum absolute atomic E-state index is 11.7. The van der Waals surface area contributed by atoms with Crippen molar-refractivity contribution in [1.29, 1.82) is 0 Å². The van der Waals surface area contributed by atoms with Gasteiger partial charge in [0.15, 0.2) is 0 Å². The summed E-state index contributed by atoms with van der Waals surface area (Å²) in [4.78, 5) is 16.3. The number of aromatic nitrogens is 1. The predicted octanol–water partition coefficient (Wildman–Crippen LogP) is 1.11. The van der Waals surface area contributed by atoms with Crippen molar-refractivity contribution in [2.75, 3.05) is 20.7 Å². The summed E-state index contributed by atoms with van der Waals surface area (Å²) in [5.74, 6) is 0.405. The van der Waals surface area contributed by atoms with Crippen LogP contribution in [0.3, 0.4) is 0 Å². The Labute approximate surface area is 118 Å². The van der Waals surface area contributed by atoms with Crippen LogP contribution in [0.25, 0.3) is 10.9 Å². The van der Waals surface area contributed by atoms with Gasteiger partial charge >= 0.3 is 0 Å². The molecule has 0 saturated heterocycles. The van der Waals surface area contributed by atoms with Gasteiger partial charge in [-0.25, -0.2) is 4.98 Å². The van der Waals surface area contributed by atoms with Crippen LogP contribution in [0, 0.1) is 5.92 Å². The summed E-state index contributed by atoms with van der Waals surface area (Å²) in [7, 11) is 3.23. The van der Waals surface area contributed by atoms with Gasteiger partial charge in [-0.3, -0.25) is 4.79 Å². The van der Waals surface area contributed by atoms with Crippen LogP contribution in [0.2, 0.25) is 0 Å². The minimum atomic E-state index is -0.264. The highest BCUT2D eigenvalue weighted by molar-refractivity contribution is 5.84. The van der Waals surface area contributed by atoms with Gasteiger partial charge in [0.05, 0.1) is 13.0 Å². The molecule has 1 amide bonds. The van der Waals surface area contributed by atoms with E-state index in [-0.39, 0.29) is 11.8 Å². The largest absolute Gasteiger partial charge is 0.494 e. The number of fused-ring (bicyclic) bond motifs is 1. The average molecular weight is 273 g/mol. The Morgan fingerprint density at radius 1 is 1.40 bits per heavy atom. The third-order valence-corrected chi connectivity index (χ3v) is 3.32. The molecule has 0 aliphatic heterocycles. The summed E-state index contributed by atoms with van der Waals surface area (Å²) in [5.41, 5.74) is 7.29. The van der Waals surface area contributed by atoms with Gasteiger partial charge in [-0.1, -0.05) is 18.2 Å². The number of amides is 1. The fraction of sp³-hybridized carbons (Fsp3) is 0.333. The molecular weight excluding hydrogens is 254 g/mol. The van der Waals surface area contributed by atoms with Crippen LogP contribution < -0.4 is 15.8 Å². The first-order valence-electron chi connectivity index (χ1n) is 6.54. The van der Waals surface area contributed by atoms with E-state index in [0.29, 0.717) is 13.0 Å². The Kier molecular flexibility index (Phi) is 4.53. The maximum atomic E-state index is 11.7. The maximum Gasteiger partial charge on any atom is 0.224 e. The smallest absolute Gasteiger partial charge is 0.224 e. The lowest BCUT2D eigenvalue weighted by atomic mass is 10.0. The molecule has 0 aliphatic carbocycles. The van der Waals surface area contributed by atoms with Gasteiger partial charge in [-0.05, 0) is 12.1 Å². The summed E-state index contributed by atoms with van der Waals surface area (Å²) in [6, 6.07) is 9.69. The minimum Gasteiger partial charge on any atom is -0.494 e. The van der Waals surface area contributed by atoms with Crippen molar-refractivity contribution in [2.24, 2.45) is 11.7 Å². The fourth-order valence-corrected chi connectivity index (χ4v) is 2.18. The Morgan fingerprint density at radius 2 is 2.20 bits per heavy atom. The Morgan fingerprint density at radius 3 is 2.85 bits per heavy atom. The second-order valence-electron chi connectivity index (χ2n) is 4.59. The molecular formula is C15H19N3O2. The number of nitrogens with zero attached hydrogens (tertiary/aromatic N) is 1. The Bertz CT molecular complexity index is 613. The monoisotopic (exact) mass is 273 g/mol. The number of rotatable bonds is 5. The van der Waals surface area contributed by atoms with Gasteiger partial charge in [0.1, 0.15) is 11.3 Å². The van der Waals surface area contributed by atoms with E-state index in [4.69, 9.17) is 10.5 Å². The van der Waals surface area contributed by atoms with Gasteiger partial charge in [-0.2, -0.15) is 0 Å². The molecule has 1 unspecified atom stereocenters. The van der Waals surface area contributed by atoms with Crippen molar-refractivity contribution < 1.29 is 9.53 Å². The molecule has 3 N–H and O–H groups in total. The van der Waals surface area contributed by atoms with E-state index in [1.165, 1.54) is 0 Å². The van der Waals surface area contributed by atoms with E-state index in [1.54, 1.807) is 14.2 Å². The van der Waals surface area contributed by atoms with Crippen molar-refractivity contribution in [3.63, 3.8) is 0 Å². The molecule has 20 heavy (non-hydrogen) atoms.